The summed E-state index contributed by atoms with van der Waals surface area (Å²) in [6.45, 7) is 6.54. The van der Waals surface area contributed by atoms with E-state index in [1.807, 2.05) is 91.3 Å². The second-order valence-corrected chi connectivity index (χ2v) is 11.6. The topological polar surface area (TPSA) is 65.6 Å². The van der Waals surface area contributed by atoms with Crippen LogP contribution >= 0.6 is 23.1 Å². The van der Waals surface area contributed by atoms with Crippen molar-refractivity contribution in [3.05, 3.63) is 140 Å². The maximum absolute atomic E-state index is 14.2. The first-order valence-corrected chi connectivity index (χ1v) is 15.7. The Labute approximate surface area is 251 Å². The largest absolute Gasteiger partial charge is 0.463 e. The van der Waals surface area contributed by atoms with E-state index >= 15 is 0 Å². The molecule has 3 heterocycles. The normalized spacial score (nSPS) is 15.0. The number of para-hydroxylation sites is 1. The van der Waals surface area contributed by atoms with Crippen molar-refractivity contribution in [2.75, 3.05) is 12.9 Å². The number of rotatable bonds is 8. The van der Waals surface area contributed by atoms with Crippen LogP contribution in [0.4, 0.5) is 0 Å². The van der Waals surface area contributed by atoms with Gasteiger partial charge in [-0.05, 0) is 43.0 Å². The van der Waals surface area contributed by atoms with Crippen molar-refractivity contribution in [3.8, 4) is 0 Å². The van der Waals surface area contributed by atoms with Gasteiger partial charge >= 0.3 is 5.97 Å². The number of benzene rings is 3. The minimum Gasteiger partial charge on any atom is -0.463 e. The second kappa shape index (κ2) is 11.8. The highest BCUT2D eigenvalue weighted by molar-refractivity contribution is 7.98. The molecular formula is C34H29N3O3S2. The minimum absolute atomic E-state index is 0.202. The molecule has 0 unspecified atom stereocenters. The van der Waals surface area contributed by atoms with E-state index in [0.29, 0.717) is 27.1 Å². The Morgan fingerprint density at radius 1 is 1.07 bits per heavy atom. The van der Waals surface area contributed by atoms with Gasteiger partial charge in [-0.1, -0.05) is 78.1 Å². The van der Waals surface area contributed by atoms with Crippen LogP contribution in [-0.4, -0.2) is 28.0 Å². The fourth-order valence-corrected chi connectivity index (χ4v) is 6.76. The molecule has 1 aliphatic rings. The third kappa shape index (κ3) is 4.97. The van der Waals surface area contributed by atoms with Gasteiger partial charge in [-0.15, -0.1) is 18.3 Å². The Bertz CT molecular complexity index is 2020. The molecule has 0 spiro atoms. The summed E-state index contributed by atoms with van der Waals surface area (Å²) >= 11 is 2.96. The van der Waals surface area contributed by atoms with Crippen LogP contribution in [-0.2, 0) is 16.1 Å². The number of hydrogen-bond acceptors (Lipinski definition) is 6. The molecule has 0 amide bonds. The Morgan fingerprint density at radius 3 is 2.52 bits per heavy atom. The van der Waals surface area contributed by atoms with Crippen LogP contribution in [0, 0.1) is 0 Å². The maximum Gasteiger partial charge on any atom is 0.338 e. The molecule has 0 aliphatic carbocycles. The first-order valence-electron chi connectivity index (χ1n) is 13.6. The monoisotopic (exact) mass is 591 g/mol. The molecule has 0 radical (unpaired) electrons. The van der Waals surface area contributed by atoms with E-state index in [2.05, 4.69) is 23.3 Å². The first-order chi connectivity index (χ1) is 20.5. The molecule has 0 bridgehead atoms. The lowest BCUT2D eigenvalue weighted by atomic mass is 9.93. The average Bonchev–Trinajstić information content (AvgIpc) is 3.53. The van der Waals surface area contributed by atoms with Gasteiger partial charge in [-0.3, -0.25) is 9.36 Å². The molecule has 3 aromatic carbocycles. The molecule has 5 aromatic rings. The number of carbonyl (C=O) groups excluding carboxylic acids is 1. The van der Waals surface area contributed by atoms with Gasteiger partial charge in [0, 0.05) is 39.7 Å². The van der Waals surface area contributed by atoms with Crippen LogP contribution in [0.5, 0.6) is 0 Å². The Morgan fingerprint density at radius 2 is 1.81 bits per heavy atom. The van der Waals surface area contributed by atoms with Crippen molar-refractivity contribution in [2.45, 2.75) is 24.4 Å². The van der Waals surface area contributed by atoms with Crippen LogP contribution in [0.15, 0.2) is 118 Å². The molecule has 210 valence electrons. The van der Waals surface area contributed by atoms with E-state index in [-0.39, 0.29) is 12.2 Å². The summed E-state index contributed by atoms with van der Waals surface area (Å²) < 4.78 is 9.87. The first kappa shape index (κ1) is 27.8. The summed E-state index contributed by atoms with van der Waals surface area (Å²) in [7, 11) is 0. The number of carbonyl (C=O) groups is 1. The van der Waals surface area contributed by atoms with Crippen molar-refractivity contribution in [3.63, 3.8) is 0 Å². The lowest BCUT2D eigenvalue weighted by Gasteiger charge is -2.26. The summed E-state index contributed by atoms with van der Waals surface area (Å²) in [6, 6.07) is 25.0. The fourth-order valence-electron chi connectivity index (χ4n) is 5.36. The molecule has 42 heavy (non-hydrogen) atoms. The van der Waals surface area contributed by atoms with Gasteiger partial charge in [-0.25, -0.2) is 9.79 Å². The third-order valence-corrected chi connectivity index (χ3v) is 8.96. The minimum atomic E-state index is -0.698. The second-order valence-electron chi connectivity index (χ2n) is 9.75. The predicted molar refractivity (Wildman–Crippen MR) is 171 cm³/mol. The van der Waals surface area contributed by atoms with E-state index < -0.39 is 12.0 Å². The zero-order chi connectivity index (χ0) is 29.2. The van der Waals surface area contributed by atoms with Gasteiger partial charge in [0.25, 0.3) is 5.56 Å². The number of aromatic nitrogens is 2. The van der Waals surface area contributed by atoms with Crippen molar-refractivity contribution in [2.24, 2.45) is 4.99 Å². The van der Waals surface area contributed by atoms with Crippen molar-refractivity contribution >= 4 is 51.7 Å². The zero-order valence-corrected chi connectivity index (χ0v) is 25.0. The molecule has 6 nitrogen and oxygen atoms in total. The van der Waals surface area contributed by atoms with Crippen LogP contribution in [0.2, 0.25) is 0 Å². The van der Waals surface area contributed by atoms with Gasteiger partial charge in [0.15, 0.2) is 4.80 Å². The van der Waals surface area contributed by atoms with Crippen LogP contribution in [0.1, 0.15) is 29.7 Å². The third-order valence-electron chi connectivity index (χ3n) is 7.24. The SMILES string of the molecule is C=CCn1cc(/C=c2\sc3n(c2=O)[C@H](c2ccc(SC)cc2)C(C(=O)OCC)=C(c2ccccc2)N=3)c2ccccc21. The van der Waals surface area contributed by atoms with E-state index in [1.165, 1.54) is 11.3 Å². The van der Waals surface area contributed by atoms with Crippen molar-refractivity contribution in [1.29, 1.82) is 0 Å². The standard InChI is InChI=1S/C34H29N3O3S2/c1-4-19-36-21-24(26-13-9-10-14-27(26)36)20-28-32(38)37-31(23-15-17-25(41-3)18-16-23)29(33(39)40-5-2)30(35-34(37)42-28)22-11-7-6-8-12-22/h4,6-18,20-21,31H,1,5,19H2,2-3H3/b28-20-/t31-/m1/s1. The van der Waals surface area contributed by atoms with Gasteiger partial charge < -0.3 is 9.30 Å². The zero-order valence-electron chi connectivity index (χ0n) is 23.3. The summed E-state index contributed by atoms with van der Waals surface area (Å²) in [4.78, 5) is 34.5. The van der Waals surface area contributed by atoms with Gasteiger partial charge in [0.05, 0.1) is 28.5 Å². The molecule has 0 N–H and O–H groups in total. The van der Waals surface area contributed by atoms with Crippen molar-refractivity contribution < 1.29 is 9.53 Å². The Kier molecular flexibility index (Phi) is 7.82. The number of thiazole rings is 1. The highest BCUT2D eigenvalue weighted by Crippen LogP contribution is 2.35. The summed E-state index contributed by atoms with van der Waals surface area (Å²) in [6.07, 6.45) is 7.84. The molecule has 8 heteroatoms. The molecule has 1 atom stereocenters. The lowest BCUT2D eigenvalue weighted by Crippen LogP contribution is -2.40. The summed E-state index contributed by atoms with van der Waals surface area (Å²) in [5.74, 6) is -0.485. The number of fused-ring (bicyclic) bond motifs is 2. The number of allylic oxidation sites excluding steroid dienone is 1. The number of thioether (sulfide) groups is 1. The highest BCUT2D eigenvalue weighted by Gasteiger charge is 2.35. The molecular weight excluding hydrogens is 563 g/mol. The molecule has 0 fully saturated rings. The van der Waals surface area contributed by atoms with Gasteiger partial charge in [0.2, 0.25) is 0 Å². The molecule has 1 aliphatic heterocycles. The van der Waals surface area contributed by atoms with E-state index in [0.717, 1.165) is 32.5 Å². The van der Waals surface area contributed by atoms with Gasteiger partial charge in [0.1, 0.15) is 0 Å². The van der Waals surface area contributed by atoms with Gasteiger partial charge in [-0.2, -0.15) is 0 Å². The Hall–Kier alpha value is -4.40. The Balaban J connectivity index is 1.64. The van der Waals surface area contributed by atoms with E-state index in [4.69, 9.17) is 9.73 Å². The quantitative estimate of drug-likeness (QED) is 0.130. The molecule has 0 saturated heterocycles. The molecule has 6 rings (SSSR count). The van der Waals surface area contributed by atoms with E-state index in [9.17, 15) is 9.59 Å². The van der Waals surface area contributed by atoms with Crippen molar-refractivity contribution in [1.82, 2.24) is 9.13 Å². The van der Waals surface area contributed by atoms with E-state index in [1.54, 1.807) is 23.3 Å². The predicted octanol–water partition coefficient (Wildman–Crippen LogP) is 5.80. The lowest BCUT2D eigenvalue weighted by molar-refractivity contribution is -0.138. The van der Waals surface area contributed by atoms with Crippen LogP contribution in [0.3, 0.4) is 0 Å². The summed E-state index contributed by atoms with van der Waals surface area (Å²) in [5.41, 5.74) is 4.27. The number of hydrogen-bond donors (Lipinski definition) is 0. The summed E-state index contributed by atoms with van der Waals surface area (Å²) in [5, 5.41) is 1.05. The molecule has 2 aromatic heterocycles. The number of ether oxygens (including phenoxy) is 1. The number of nitrogens with zero attached hydrogens (tertiary/aromatic N) is 3. The smallest absolute Gasteiger partial charge is 0.338 e. The maximum atomic E-state index is 14.2. The number of esters is 1. The van der Waals surface area contributed by atoms with Crippen LogP contribution < -0.4 is 14.9 Å². The van der Waals surface area contributed by atoms with Crippen LogP contribution in [0.25, 0.3) is 22.7 Å². The average molecular weight is 592 g/mol. The fraction of sp³-hybridized carbons (Fsp3) is 0.147. The highest BCUT2D eigenvalue weighted by atomic mass is 32.2. The molecule has 0 saturated carbocycles.